The topological polar surface area (TPSA) is 46.2 Å². The quantitative estimate of drug-likeness (QED) is 0.727. The Balaban J connectivity index is 2.55. The van der Waals surface area contributed by atoms with E-state index in [4.69, 9.17) is 0 Å². The first-order chi connectivity index (χ1) is 7.83. The lowest BCUT2D eigenvalue weighted by atomic mass is 10.3. The van der Waals surface area contributed by atoms with Crippen molar-refractivity contribution < 1.29 is 8.42 Å². The first kappa shape index (κ1) is 15.2. The molecule has 3 nitrogen and oxygen atoms in total. The van der Waals surface area contributed by atoms with E-state index in [1.807, 2.05) is 18.2 Å². The Morgan fingerprint density at radius 2 is 2.06 bits per heavy atom. The largest absolute Gasteiger partial charge is 0.384 e. The summed E-state index contributed by atoms with van der Waals surface area (Å²) in [6.07, 6.45) is 0. The minimum atomic E-state index is -2.96. The Labute approximate surface area is 125 Å². The van der Waals surface area contributed by atoms with Crippen molar-refractivity contribution in [1.29, 1.82) is 0 Å². The molecule has 0 heterocycles. The number of anilines is 1. The van der Waals surface area contributed by atoms with Gasteiger partial charge in [-0.2, -0.15) is 0 Å². The standard InChI is InChI=1S/C11H15BrINO2S/c1-8(2)17(15,16)6-5-14-9-3-4-10(12)11(13)7-9/h3-4,7-8,14H,5-6H2,1-2H3. The molecule has 0 amide bonds. The van der Waals surface area contributed by atoms with Crippen LogP contribution in [0.3, 0.4) is 0 Å². The molecule has 0 aliphatic heterocycles. The molecule has 1 aromatic carbocycles. The molecular weight excluding hydrogens is 417 g/mol. The van der Waals surface area contributed by atoms with Gasteiger partial charge in [-0.25, -0.2) is 8.42 Å². The summed E-state index contributed by atoms with van der Waals surface area (Å²) in [4.78, 5) is 0. The Morgan fingerprint density at radius 3 is 2.59 bits per heavy atom. The molecule has 0 fully saturated rings. The normalized spacial score (nSPS) is 11.8. The van der Waals surface area contributed by atoms with E-state index in [2.05, 4.69) is 43.8 Å². The second-order valence-corrected chi connectivity index (χ2v) is 8.66. The third kappa shape index (κ3) is 4.75. The van der Waals surface area contributed by atoms with Crippen molar-refractivity contribution in [3.05, 3.63) is 26.2 Å². The molecule has 0 radical (unpaired) electrons. The predicted octanol–water partition coefficient (Wildman–Crippen LogP) is 3.29. The zero-order valence-corrected chi connectivity index (χ0v) is 14.3. The zero-order valence-electron chi connectivity index (χ0n) is 9.70. The van der Waals surface area contributed by atoms with Gasteiger partial charge in [0.1, 0.15) is 0 Å². The van der Waals surface area contributed by atoms with E-state index in [1.165, 1.54) is 0 Å². The molecular formula is C11H15BrINO2S. The summed E-state index contributed by atoms with van der Waals surface area (Å²) in [5.41, 5.74) is 0.941. The molecule has 96 valence electrons. The second-order valence-electron chi connectivity index (χ2n) is 3.97. The molecule has 0 saturated heterocycles. The summed E-state index contributed by atoms with van der Waals surface area (Å²) in [5, 5.41) is 2.81. The third-order valence-corrected chi connectivity index (χ3v) is 6.89. The van der Waals surface area contributed by atoms with Crippen molar-refractivity contribution in [3.63, 3.8) is 0 Å². The average Bonchev–Trinajstić information content (AvgIpc) is 2.23. The van der Waals surface area contributed by atoms with Crippen LogP contribution in [0, 0.1) is 3.57 Å². The Hall–Kier alpha value is 0.180. The molecule has 0 unspecified atom stereocenters. The molecule has 0 aliphatic rings. The molecule has 0 spiro atoms. The van der Waals surface area contributed by atoms with Crippen molar-refractivity contribution in [3.8, 4) is 0 Å². The van der Waals surface area contributed by atoms with Crippen LogP contribution in [0.5, 0.6) is 0 Å². The second kappa shape index (κ2) is 6.38. The van der Waals surface area contributed by atoms with E-state index in [-0.39, 0.29) is 11.0 Å². The van der Waals surface area contributed by atoms with Crippen molar-refractivity contribution in [2.75, 3.05) is 17.6 Å². The summed E-state index contributed by atoms with van der Waals surface area (Å²) in [7, 11) is -2.96. The van der Waals surface area contributed by atoms with Gasteiger partial charge in [-0.1, -0.05) is 0 Å². The fourth-order valence-electron chi connectivity index (χ4n) is 1.18. The number of benzene rings is 1. The van der Waals surface area contributed by atoms with Gasteiger partial charge in [0, 0.05) is 20.3 Å². The van der Waals surface area contributed by atoms with Crippen molar-refractivity contribution in [2.45, 2.75) is 19.1 Å². The lowest BCUT2D eigenvalue weighted by Gasteiger charge is -2.10. The summed E-state index contributed by atoms with van der Waals surface area (Å²) in [6, 6.07) is 5.85. The molecule has 1 N–H and O–H groups in total. The lowest BCUT2D eigenvalue weighted by Crippen LogP contribution is -2.22. The number of hydrogen-bond donors (Lipinski definition) is 1. The number of hydrogen-bond acceptors (Lipinski definition) is 3. The summed E-state index contributed by atoms with van der Waals surface area (Å²) >= 11 is 5.64. The maximum Gasteiger partial charge on any atom is 0.154 e. The van der Waals surface area contributed by atoms with E-state index >= 15 is 0 Å². The highest BCUT2D eigenvalue weighted by molar-refractivity contribution is 14.1. The fourth-order valence-corrected chi connectivity index (χ4v) is 2.80. The third-order valence-electron chi connectivity index (χ3n) is 2.35. The number of nitrogens with one attached hydrogen (secondary N) is 1. The highest BCUT2D eigenvalue weighted by Gasteiger charge is 2.15. The first-order valence-electron chi connectivity index (χ1n) is 5.23. The predicted molar refractivity (Wildman–Crippen MR) is 84.3 cm³/mol. The Kier molecular flexibility index (Phi) is 5.72. The summed E-state index contributed by atoms with van der Waals surface area (Å²) in [5.74, 6) is 0.164. The fraction of sp³-hybridized carbons (Fsp3) is 0.455. The van der Waals surface area contributed by atoms with E-state index in [9.17, 15) is 8.42 Å². The van der Waals surface area contributed by atoms with Crippen molar-refractivity contribution in [1.82, 2.24) is 0 Å². The molecule has 1 rings (SSSR count). The number of rotatable bonds is 5. The minimum absolute atomic E-state index is 0.164. The maximum absolute atomic E-state index is 11.6. The SMILES string of the molecule is CC(C)S(=O)(=O)CCNc1ccc(Br)c(I)c1. The molecule has 17 heavy (non-hydrogen) atoms. The van der Waals surface area contributed by atoms with Crippen molar-refractivity contribution in [2.24, 2.45) is 0 Å². The van der Waals surface area contributed by atoms with Gasteiger partial charge in [-0.05, 0) is 70.6 Å². The van der Waals surface area contributed by atoms with Crippen LogP contribution in [0.2, 0.25) is 0 Å². The summed E-state index contributed by atoms with van der Waals surface area (Å²) in [6.45, 7) is 3.86. The lowest BCUT2D eigenvalue weighted by molar-refractivity contribution is 0.588. The highest BCUT2D eigenvalue weighted by atomic mass is 127. The van der Waals surface area contributed by atoms with Gasteiger partial charge in [0.05, 0.1) is 11.0 Å². The van der Waals surface area contributed by atoms with Crippen molar-refractivity contribution >= 4 is 54.0 Å². The molecule has 0 aromatic heterocycles. The Bertz CT molecular complexity index is 488. The van der Waals surface area contributed by atoms with E-state index in [0.29, 0.717) is 6.54 Å². The van der Waals surface area contributed by atoms with E-state index in [1.54, 1.807) is 13.8 Å². The van der Waals surface area contributed by atoms with Crippen LogP contribution < -0.4 is 5.32 Å². The maximum atomic E-state index is 11.6. The monoisotopic (exact) mass is 431 g/mol. The van der Waals surface area contributed by atoms with Crippen LogP contribution in [0.4, 0.5) is 5.69 Å². The van der Waals surface area contributed by atoms with Crippen LogP contribution in [-0.2, 0) is 9.84 Å². The van der Waals surface area contributed by atoms with Gasteiger partial charge in [0.25, 0.3) is 0 Å². The molecule has 6 heteroatoms. The smallest absolute Gasteiger partial charge is 0.154 e. The van der Waals surface area contributed by atoms with Crippen LogP contribution >= 0.6 is 38.5 Å². The van der Waals surface area contributed by atoms with Gasteiger partial charge in [-0.15, -0.1) is 0 Å². The molecule has 1 aromatic rings. The van der Waals surface area contributed by atoms with Gasteiger partial charge in [0.15, 0.2) is 9.84 Å². The first-order valence-corrected chi connectivity index (χ1v) is 8.82. The molecule has 0 atom stereocenters. The van der Waals surface area contributed by atoms with Gasteiger partial charge in [-0.3, -0.25) is 0 Å². The van der Waals surface area contributed by atoms with Crippen LogP contribution in [0.15, 0.2) is 22.7 Å². The number of sulfone groups is 1. The molecule has 0 bridgehead atoms. The number of halogens is 2. The highest BCUT2D eigenvalue weighted by Crippen LogP contribution is 2.22. The average molecular weight is 432 g/mol. The van der Waals surface area contributed by atoms with Gasteiger partial charge < -0.3 is 5.32 Å². The van der Waals surface area contributed by atoms with Crippen LogP contribution in [0.1, 0.15) is 13.8 Å². The van der Waals surface area contributed by atoms with E-state index in [0.717, 1.165) is 13.7 Å². The van der Waals surface area contributed by atoms with E-state index < -0.39 is 9.84 Å². The van der Waals surface area contributed by atoms with Gasteiger partial charge >= 0.3 is 0 Å². The van der Waals surface area contributed by atoms with Crippen LogP contribution in [0.25, 0.3) is 0 Å². The minimum Gasteiger partial charge on any atom is -0.384 e. The molecule has 0 saturated carbocycles. The zero-order chi connectivity index (χ0) is 13.1. The molecule has 0 aliphatic carbocycles. The summed E-state index contributed by atoms with van der Waals surface area (Å²) < 4.78 is 25.3. The Morgan fingerprint density at radius 1 is 1.41 bits per heavy atom. The van der Waals surface area contributed by atoms with Gasteiger partial charge in [0.2, 0.25) is 0 Å². The van der Waals surface area contributed by atoms with Crippen LogP contribution in [-0.4, -0.2) is 26.0 Å².